The lowest BCUT2D eigenvalue weighted by molar-refractivity contribution is -0.136. The van der Waals surface area contributed by atoms with E-state index in [0.717, 1.165) is 0 Å². The third-order valence-corrected chi connectivity index (χ3v) is 5.04. The number of hydrogen-bond donors (Lipinski definition) is 2. The minimum Gasteiger partial charge on any atom is -0.481 e. The predicted octanol–water partition coefficient (Wildman–Crippen LogP) is 5.18. The Morgan fingerprint density at radius 3 is 2.42 bits per heavy atom. The molecule has 1 heterocycles. The van der Waals surface area contributed by atoms with Gasteiger partial charge in [-0.1, -0.05) is 41.4 Å². The molecule has 0 saturated heterocycles. The maximum atomic E-state index is 12.6. The molecule has 0 bridgehead atoms. The molecule has 26 heavy (non-hydrogen) atoms. The topological polar surface area (TPSA) is 79.3 Å². The van der Waals surface area contributed by atoms with Gasteiger partial charge in [-0.25, -0.2) is 0 Å². The predicted molar refractivity (Wildman–Crippen MR) is 105 cm³/mol. The molecule has 3 aromatic rings. The molecule has 0 atom stereocenters. The van der Waals surface area contributed by atoms with Gasteiger partial charge >= 0.3 is 5.97 Å². The SMILES string of the molecule is O=C(O)Cc1c(Br)cnc2c(NC(=O)c3c(Cl)cccc3Cl)cccc12. The van der Waals surface area contributed by atoms with Crippen LogP contribution in [0.15, 0.2) is 47.1 Å². The molecule has 2 aromatic carbocycles. The molecular weight excluding hydrogens is 443 g/mol. The number of carbonyl (C=O) groups is 2. The third kappa shape index (κ3) is 3.67. The standard InChI is InChI=1S/C18H11BrCl2N2O3/c19-11-8-22-17-9(10(11)7-15(24)25)3-1-6-14(17)23-18(26)16-12(20)4-2-5-13(16)21/h1-6,8H,7H2,(H,23,26)(H,24,25). The van der Waals surface area contributed by atoms with Gasteiger partial charge in [0.25, 0.3) is 5.91 Å². The number of rotatable bonds is 4. The number of anilines is 1. The van der Waals surface area contributed by atoms with Crippen molar-refractivity contribution in [2.24, 2.45) is 0 Å². The summed E-state index contributed by atoms with van der Waals surface area (Å²) in [7, 11) is 0. The highest BCUT2D eigenvalue weighted by molar-refractivity contribution is 9.10. The van der Waals surface area contributed by atoms with E-state index in [9.17, 15) is 9.59 Å². The molecular formula is C18H11BrCl2N2O3. The summed E-state index contributed by atoms with van der Waals surface area (Å²) < 4.78 is 0.588. The number of hydrogen-bond acceptors (Lipinski definition) is 3. The average Bonchev–Trinajstić information content (AvgIpc) is 2.57. The summed E-state index contributed by atoms with van der Waals surface area (Å²) in [4.78, 5) is 28.1. The number of pyridine rings is 1. The van der Waals surface area contributed by atoms with Crippen LogP contribution in [0, 0.1) is 0 Å². The lowest BCUT2D eigenvalue weighted by Crippen LogP contribution is -2.14. The number of fused-ring (bicyclic) bond motifs is 1. The van der Waals surface area contributed by atoms with Crippen molar-refractivity contribution in [3.8, 4) is 0 Å². The lowest BCUT2D eigenvalue weighted by atomic mass is 10.1. The van der Waals surface area contributed by atoms with Gasteiger partial charge in [0.2, 0.25) is 0 Å². The zero-order chi connectivity index (χ0) is 18.8. The Hall–Kier alpha value is -2.15. The van der Waals surface area contributed by atoms with Crippen LogP contribution in [0.5, 0.6) is 0 Å². The van der Waals surface area contributed by atoms with Gasteiger partial charge in [0.15, 0.2) is 0 Å². The van der Waals surface area contributed by atoms with Crippen LogP contribution in [0.2, 0.25) is 10.0 Å². The average molecular weight is 454 g/mol. The minimum atomic E-state index is -0.963. The molecule has 3 rings (SSSR count). The minimum absolute atomic E-state index is 0.163. The molecule has 1 aromatic heterocycles. The molecule has 132 valence electrons. The molecule has 0 aliphatic carbocycles. The van der Waals surface area contributed by atoms with Crippen LogP contribution < -0.4 is 5.32 Å². The van der Waals surface area contributed by atoms with Crippen LogP contribution in [0.3, 0.4) is 0 Å². The highest BCUT2D eigenvalue weighted by Gasteiger charge is 2.18. The summed E-state index contributed by atoms with van der Waals surface area (Å²) in [6.07, 6.45) is 1.34. The first-order valence-corrected chi connectivity index (χ1v) is 8.96. The van der Waals surface area contributed by atoms with Gasteiger partial charge in [-0.05, 0) is 39.7 Å². The van der Waals surface area contributed by atoms with Crippen molar-refractivity contribution in [2.45, 2.75) is 6.42 Å². The van der Waals surface area contributed by atoms with Gasteiger partial charge < -0.3 is 10.4 Å². The first-order valence-electron chi connectivity index (χ1n) is 7.41. The number of carboxylic acid groups (broad SMARTS) is 1. The number of aliphatic carboxylic acids is 1. The second-order valence-electron chi connectivity index (χ2n) is 5.41. The highest BCUT2D eigenvalue weighted by atomic mass is 79.9. The van der Waals surface area contributed by atoms with E-state index in [0.29, 0.717) is 26.6 Å². The molecule has 0 fully saturated rings. The molecule has 5 nitrogen and oxygen atoms in total. The zero-order valence-corrected chi connectivity index (χ0v) is 16.2. The summed E-state index contributed by atoms with van der Waals surface area (Å²) in [6.45, 7) is 0. The van der Waals surface area contributed by atoms with Crippen LogP contribution in [-0.2, 0) is 11.2 Å². The highest BCUT2D eigenvalue weighted by Crippen LogP contribution is 2.31. The fourth-order valence-electron chi connectivity index (χ4n) is 2.59. The van der Waals surface area contributed by atoms with Crippen LogP contribution in [0.4, 0.5) is 5.69 Å². The third-order valence-electron chi connectivity index (χ3n) is 3.72. The summed E-state index contributed by atoms with van der Waals surface area (Å²) >= 11 is 15.5. The number of benzene rings is 2. The second-order valence-corrected chi connectivity index (χ2v) is 7.08. The normalized spacial score (nSPS) is 10.7. The van der Waals surface area contributed by atoms with Crippen molar-refractivity contribution < 1.29 is 14.7 Å². The van der Waals surface area contributed by atoms with Crippen molar-refractivity contribution in [2.75, 3.05) is 5.32 Å². The molecule has 0 unspecified atom stereocenters. The monoisotopic (exact) mass is 452 g/mol. The Kier molecular flexibility index (Phi) is 5.46. The summed E-state index contributed by atoms with van der Waals surface area (Å²) in [5.74, 6) is -1.44. The van der Waals surface area contributed by atoms with Gasteiger partial charge in [-0.15, -0.1) is 0 Å². The van der Waals surface area contributed by atoms with Crippen LogP contribution in [0.25, 0.3) is 10.9 Å². The molecule has 0 aliphatic heterocycles. The van der Waals surface area contributed by atoms with E-state index < -0.39 is 11.9 Å². The second kappa shape index (κ2) is 7.61. The van der Waals surface area contributed by atoms with E-state index in [1.807, 2.05) is 0 Å². The molecule has 0 spiro atoms. The fourth-order valence-corrected chi connectivity index (χ4v) is 3.61. The molecule has 1 amide bonds. The quantitative estimate of drug-likeness (QED) is 0.570. The van der Waals surface area contributed by atoms with E-state index in [4.69, 9.17) is 28.3 Å². The Labute approximate surface area is 167 Å². The smallest absolute Gasteiger partial charge is 0.307 e. The van der Waals surface area contributed by atoms with Gasteiger partial charge in [0.1, 0.15) is 0 Å². The van der Waals surface area contributed by atoms with Gasteiger partial charge in [0, 0.05) is 16.1 Å². The number of nitrogens with zero attached hydrogens (tertiary/aromatic N) is 1. The van der Waals surface area contributed by atoms with Crippen molar-refractivity contribution in [1.82, 2.24) is 4.98 Å². The van der Waals surface area contributed by atoms with Crippen molar-refractivity contribution in [3.05, 3.63) is 68.2 Å². The molecule has 2 N–H and O–H groups in total. The number of para-hydroxylation sites is 1. The number of aromatic nitrogens is 1. The molecule has 0 aliphatic rings. The Morgan fingerprint density at radius 1 is 1.12 bits per heavy atom. The van der Waals surface area contributed by atoms with Crippen molar-refractivity contribution in [1.29, 1.82) is 0 Å². The van der Waals surface area contributed by atoms with E-state index in [2.05, 4.69) is 26.2 Å². The van der Waals surface area contributed by atoms with E-state index >= 15 is 0 Å². The first kappa shape index (κ1) is 18.6. The largest absolute Gasteiger partial charge is 0.481 e. The Balaban J connectivity index is 2.06. The number of amides is 1. The van der Waals surface area contributed by atoms with E-state index in [-0.39, 0.29) is 22.0 Å². The summed E-state index contributed by atoms with van der Waals surface area (Å²) in [5.41, 5.74) is 1.65. The number of carbonyl (C=O) groups excluding carboxylic acids is 1. The first-order chi connectivity index (χ1) is 12.4. The Morgan fingerprint density at radius 2 is 1.77 bits per heavy atom. The van der Waals surface area contributed by atoms with Gasteiger partial charge in [-0.2, -0.15) is 0 Å². The van der Waals surface area contributed by atoms with Crippen molar-refractivity contribution in [3.63, 3.8) is 0 Å². The number of nitrogens with one attached hydrogen (secondary N) is 1. The van der Waals surface area contributed by atoms with Gasteiger partial charge in [-0.3, -0.25) is 14.6 Å². The molecule has 8 heteroatoms. The maximum absolute atomic E-state index is 12.6. The van der Waals surface area contributed by atoms with Crippen molar-refractivity contribution >= 4 is 67.6 Å². The molecule has 0 radical (unpaired) electrons. The lowest BCUT2D eigenvalue weighted by Gasteiger charge is -2.12. The maximum Gasteiger partial charge on any atom is 0.307 e. The van der Waals surface area contributed by atoms with Crippen LogP contribution in [0.1, 0.15) is 15.9 Å². The summed E-state index contributed by atoms with van der Waals surface area (Å²) in [6, 6.07) is 9.94. The number of halogens is 3. The van der Waals surface area contributed by atoms with Crippen LogP contribution in [-0.4, -0.2) is 22.0 Å². The van der Waals surface area contributed by atoms with Gasteiger partial charge in [0.05, 0.1) is 33.2 Å². The van der Waals surface area contributed by atoms with E-state index in [1.165, 1.54) is 6.20 Å². The number of carboxylic acids is 1. The fraction of sp³-hybridized carbons (Fsp3) is 0.0556. The van der Waals surface area contributed by atoms with Crippen LogP contribution >= 0.6 is 39.1 Å². The zero-order valence-electron chi connectivity index (χ0n) is 13.1. The Bertz CT molecular complexity index is 1020. The molecule has 0 saturated carbocycles. The van der Waals surface area contributed by atoms with E-state index in [1.54, 1.807) is 36.4 Å². The summed E-state index contributed by atoms with van der Waals surface area (Å²) in [5, 5.41) is 13.0.